The van der Waals surface area contributed by atoms with Crippen LogP contribution in [0.2, 0.25) is 10.0 Å². The van der Waals surface area contributed by atoms with Gasteiger partial charge in [-0.2, -0.15) is 14.1 Å². The van der Waals surface area contributed by atoms with E-state index < -0.39 is 31.5 Å². The van der Waals surface area contributed by atoms with Gasteiger partial charge < -0.3 is 0 Å². The Bertz CT molecular complexity index is 1220. The molecule has 2 aromatic rings. The van der Waals surface area contributed by atoms with E-state index in [1.54, 1.807) is 0 Å². The van der Waals surface area contributed by atoms with Gasteiger partial charge in [0.05, 0.1) is 33.3 Å². The van der Waals surface area contributed by atoms with Crippen LogP contribution in [0.25, 0.3) is 5.69 Å². The second-order valence-corrected chi connectivity index (χ2v) is 12.0. The molecule has 1 aliphatic carbocycles. The minimum Gasteiger partial charge on any atom is -0.266 e. The van der Waals surface area contributed by atoms with Crippen LogP contribution in [0.5, 0.6) is 0 Å². The Morgan fingerprint density at radius 2 is 1.72 bits per heavy atom. The Kier molecular flexibility index (Phi) is 5.27. The standard InChI is InChI=1S/C17H17Cl2N3O5S2/c18-15-9-20-21(17(23)16(15)19)11-3-5-14(6-4-11)29(26,27)22(12-1-2-12)13-7-8-28(24,25)10-13/h3-6,9,12-13H,1-2,7-8,10H2. The van der Waals surface area contributed by atoms with Gasteiger partial charge in [-0.3, -0.25) is 4.79 Å². The lowest BCUT2D eigenvalue weighted by Gasteiger charge is -2.27. The zero-order valence-electron chi connectivity index (χ0n) is 15.0. The molecular weight excluding hydrogens is 461 g/mol. The Labute approximate surface area is 178 Å². The maximum atomic E-state index is 13.2. The van der Waals surface area contributed by atoms with Crippen molar-refractivity contribution in [1.82, 2.24) is 14.1 Å². The molecule has 1 aromatic carbocycles. The van der Waals surface area contributed by atoms with E-state index in [1.165, 1.54) is 34.8 Å². The molecule has 1 aromatic heterocycles. The van der Waals surface area contributed by atoms with Crippen LogP contribution in [0.15, 0.2) is 40.2 Å². The molecule has 0 bridgehead atoms. The zero-order valence-corrected chi connectivity index (χ0v) is 18.2. The van der Waals surface area contributed by atoms with Gasteiger partial charge in [0.15, 0.2) is 9.84 Å². The molecule has 0 radical (unpaired) electrons. The summed E-state index contributed by atoms with van der Waals surface area (Å²) in [5.41, 5.74) is -0.292. The molecule has 0 spiro atoms. The van der Waals surface area contributed by atoms with Gasteiger partial charge in [-0.1, -0.05) is 23.2 Å². The Morgan fingerprint density at radius 3 is 2.28 bits per heavy atom. The van der Waals surface area contributed by atoms with Gasteiger partial charge in [0.2, 0.25) is 10.0 Å². The quantitative estimate of drug-likeness (QED) is 0.650. The molecule has 0 amide bonds. The van der Waals surface area contributed by atoms with Crippen molar-refractivity contribution >= 4 is 43.1 Å². The van der Waals surface area contributed by atoms with E-state index in [0.29, 0.717) is 12.1 Å². The molecule has 29 heavy (non-hydrogen) atoms. The zero-order chi connectivity index (χ0) is 21.0. The van der Waals surface area contributed by atoms with E-state index in [0.717, 1.165) is 17.5 Å². The van der Waals surface area contributed by atoms with Gasteiger partial charge >= 0.3 is 0 Å². The fourth-order valence-corrected chi connectivity index (χ4v) is 7.43. The van der Waals surface area contributed by atoms with Crippen LogP contribution < -0.4 is 5.56 Å². The topological polar surface area (TPSA) is 106 Å². The maximum absolute atomic E-state index is 13.2. The van der Waals surface area contributed by atoms with Crippen LogP contribution in [-0.2, 0) is 19.9 Å². The average molecular weight is 478 g/mol. The van der Waals surface area contributed by atoms with Crippen LogP contribution in [0.3, 0.4) is 0 Å². The van der Waals surface area contributed by atoms with Gasteiger partial charge in [-0.05, 0) is 43.5 Å². The Balaban J connectivity index is 1.67. The van der Waals surface area contributed by atoms with Crippen molar-refractivity contribution in [2.24, 2.45) is 0 Å². The van der Waals surface area contributed by atoms with Crippen LogP contribution in [0.1, 0.15) is 19.3 Å². The highest BCUT2D eigenvalue weighted by molar-refractivity contribution is 7.92. The Morgan fingerprint density at radius 1 is 1.07 bits per heavy atom. The van der Waals surface area contributed by atoms with E-state index in [1.807, 2.05) is 0 Å². The van der Waals surface area contributed by atoms with Gasteiger partial charge in [0, 0.05) is 12.1 Å². The number of sulfonamides is 1. The van der Waals surface area contributed by atoms with Gasteiger partial charge in [0.25, 0.3) is 5.56 Å². The first kappa shape index (κ1) is 20.8. The summed E-state index contributed by atoms with van der Waals surface area (Å²) in [7, 11) is -7.10. The monoisotopic (exact) mass is 477 g/mol. The minimum absolute atomic E-state index is 0.00125. The van der Waals surface area contributed by atoms with Gasteiger partial charge in [-0.15, -0.1) is 0 Å². The van der Waals surface area contributed by atoms with E-state index >= 15 is 0 Å². The first-order chi connectivity index (χ1) is 13.6. The molecule has 2 heterocycles. The molecule has 1 saturated carbocycles. The van der Waals surface area contributed by atoms with E-state index in [9.17, 15) is 21.6 Å². The van der Waals surface area contributed by atoms with Crippen LogP contribution in [-0.4, -0.2) is 54.5 Å². The second-order valence-electron chi connectivity index (χ2n) is 7.14. The SMILES string of the molecule is O=c1c(Cl)c(Cl)cnn1-c1ccc(S(=O)(=O)N(C2CC2)C2CCS(=O)(=O)C2)cc1. The summed E-state index contributed by atoms with van der Waals surface area (Å²) in [5.74, 6) is -0.148. The predicted molar refractivity (Wildman–Crippen MR) is 109 cm³/mol. The lowest BCUT2D eigenvalue weighted by atomic mass is 10.2. The number of hydrogen-bond acceptors (Lipinski definition) is 6. The fourth-order valence-electron chi connectivity index (χ4n) is 3.47. The largest absolute Gasteiger partial charge is 0.291 e. The molecule has 4 rings (SSSR count). The summed E-state index contributed by atoms with van der Waals surface area (Å²) in [4.78, 5) is 12.2. The Hall–Kier alpha value is -1.46. The molecular formula is C17H17Cl2N3O5S2. The summed E-state index contributed by atoms with van der Waals surface area (Å²) in [5, 5.41) is 3.76. The maximum Gasteiger partial charge on any atom is 0.291 e. The number of rotatable bonds is 5. The third-order valence-corrected chi connectivity index (χ3v) is 9.53. The average Bonchev–Trinajstić information content (AvgIpc) is 3.42. The molecule has 156 valence electrons. The van der Waals surface area contributed by atoms with Crippen molar-refractivity contribution in [1.29, 1.82) is 0 Å². The van der Waals surface area contributed by atoms with Crippen molar-refractivity contribution in [2.75, 3.05) is 11.5 Å². The number of halogens is 2. The van der Waals surface area contributed by atoms with Crippen molar-refractivity contribution in [2.45, 2.75) is 36.2 Å². The van der Waals surface area contributed by atoms with Crippen molar-refractivity contribution < 1.29 is 16.8 Å². The molecule has 1 unspecified atom stereocenters. The normalized spacial score (nSPS) is 21.6. The minimum atomic E-state index is -3.88. The smallest absolute Gasteiger partial charge is 0.266 e. The molecule has 2 aliphatic rings. The van der Waals surface area contributed by atoms with Crippen molar-refractivity contribution in [3.8, 4) is 5.69 Å². The summed E-state index contributed by atoms with van der Waals surface area (Å²) >= 11 is 11.6. The first-order valence-electron chi connectivity index (χ1n) is 8.88. The van der Waals surface area contributed by atoms with E-state index in [4.69, 9.17) is 23.2 Å². The van der Waals surface area contributed by atoms with Crippen LogP contribution in [0.4, 0.5) is 0 Å². The first-order valence-corrected chi connectivity index (χ1v) is 12.9. The number of benzene rings is 1. The lowest BCUT2D eigenvalue weighted by Crippen LogP contribution is -2.42. The second kappa shape index (κ2) is 7.35. The van der Waals surface area contributed by atoms with E-state index in [2.05, 4.69) is 5.10 Å². The van der Waals surface area contributed by atoms with Crippen molar-refractivity contribution in [3.63, 3.8) is 0 Å². The number of nitrogens with zero attached hydrogens (tertiary/aromatic N) is 3. The summed E-state index contributed by atoms with van der Waals surface area (Å²) in [6.07, 6.45) is 2.97. The molecule has 1 saturated heterocycles. The number of sulfone groups is 1. The van der Waals surface area contributed by atoms with Crippen LogP contribution in [0, 0.1) is 0 Å². The highest BCUT2D eigenvalue weighted by Gasteiger charge is 2.46. The molecule has 8 nitrogen and oxygen atoms in total. The summed E-state index contributed by atoms with van der Waals surface area (Å²) in [6.45, 7) is 0. The van der Waals surface area contributed by atoms with Gasteiger partial charge in [0.1, 0.15) is 5.02 Å². The fraction of sp³-hybridized carbons (Fsp3) is 0.412. The molecule has 0 N–H and O–H groups in total. The van der Waals surface area contributed by atoms with Crippen molar-refractivity contribution in [3.05, 3.63) is 50.9 Å². The number of hydrogen-bond donors (Lipinski definition) is 0. The molecule has 12 heteroatoms. The number of aromatic nitrogens is 2. The predicted octanol–water partition coefficient (Wildman–Crippen LogP) is 1.88. The lowest BCUT2D eigenvalue weighted by molar-refractivity contribution is 0.332. The molecule has 2 fully saturated rings. The highest BCUT2D eigenvalue weighted by Crippen LogP contribution is 2.37. The van der Waals surface area contributed by atoms with E-state index in [-0.39, 0.29) is 32.5 Å². The van der Waals surface area contributed by atoms with Gasteiger partial charge in [-0.25, -0.2) is 16.8 Å². The highest BCUT2D eigenvalue weighted by atomic mass is 35.5. The summed E-state index contributed by atoms with van der Waals surface area (Å²) in [6, 6.07) is 4.93. The third-order valence-electron chi connectivity index (χ3n) is 5.01. The molecule has 1 atom stereocenters. The third kappa shape index (κ3) is 3.96. The van der Waals surface area contributed by atoms with Crippen LogP contribution >= 0.6 is 23.2 Å². The summed E-state index contributed by atoms with van der Waals surface area (Å²) < 4.78 is 52.6. The molecule has 1 aliphatic heterocycles.